The molecule has 0 amide bonds. The minimum Gasteiger partial charge on any atom is -0.309 e. The largest absolute Gasteiger partial charge is 0.309 e. The first-order valence-corrected chi connectivity index (χ1v) is 50.3. The second-order valence-corrected chi connectivity index (χ2v) is 41.8. The van der Waals surface area contributed by atoms with Gasteiger partial charge in [0.15, 0.2) is 0 Å². The van der Waals surface area contributed by atoms with Gasteiger partial charge in [-0.15, -0.1) is 0 Å². The van der Waals surface area contributed by atoms with Gasteiger partial charge in [-0.1, -0.05) is 390 Å². The maximum Gasteiger partial charge on any atom is 0.0701 e. The number of nitrogens with zero attached hydrogens (tertiary/aromatic N) is 6. The van der Waals surface area contributed by atoms with Gasteiger partial charge < -0.3 is 4.57 Å². The van der Waals surface area contributed by atoms with Crippen LogP contribution in [-0.4, -0.2) is 29.5 Å². The number of benzene rings is 21. The Morgan fingerprint density at radius 2 is 0.407 bits per heavy atom. The van der Waals surface area contributed by atoms with Crippen LogP contribution in [-0.2, 0) is 16.2 Å². The summed E-state index contributed by atoms with van der Waals surface area (Å²) in [5, 5.41) is 26.0. The van der Waals surface area contributed by atoms with Gasteiger partial charge in [0.1, 0.15) is 0 Å². The first-order chi connectivity index (χ1) is 70.8. The zero-order valence-electron chi connectivity index (χ0n) is 82.6. The lowest BCUT2D eigenvalue weighted by molar-refractivity contribution is 0.591. The summed E-state index contributed by atoms with van der Waals surface area (Å²) in [6.45, 7) is 20.7. The van der Waals surface area contributed by atoms with Gasteiger partial charge in [-0.05, 0) is 322 Å². The number of aromatic nitrogens is 6. The Morgan fingerprint density at radius 3 is 0.669 bits per heavy atom. The molecule has 0 bridgehead atoms. The first kappa shape index (κ1) is 88.7. The molecule has 6 aromatic heterocycles. The molecule has 0 atom stereocenters. The minimum absolute atomic E-state index is 0.0589. The van der Waals surface area contributed by atoms with Crippen molar-refractivity contribution in [3.63, 3.8) is 0 Å². The standard InChI is InChI=1S/C49H36N2.C48H36N2.C42H32N2/c1-49(2,3)36-27-34-22-24-40-42(31-18-20-32(21-19-31)44-15-8-9-26-50-44)30-43(41-25-23-35(28-36)47(34)48(40)41)33-11-10-12-37(29-33)51-45-16-6-4-13-38(45)39-14-5-7-17-46(39)51;1-48(2,3)40-28-38-19-21-41-43(35-13-11-32(12-14-35)31-7-9-33(10-8-31)34-23-26-49-27-24-34)30-44(42-22-20-39(29-40)46(38)47(41)42)36-15-17-37(18-16-36)45-6-4-5-25-50-45;1-42(2,3)33-24-31-18-20-34-36(27-10-14-29(15-11-27)38-8-4-6-22-43-38)26-37(35-21-19-32(25-33)40(31)41(34)35)28-12-16-30(17-13-28)39-9-5-7-23-44-39/h4-30H,1-3H3;4-30H,1-3H3;4-26H,1-3H3. The van der Waals surface area contributed by atoms with E-state index < -0.39 is 0 Å². The third-order valence-corrected chi connectivity index (χ3v) is 29.8. The highest BCUT2D eigenvalue weighted by molar-refractivity contribution is 6.32. The molecule has 6 heteroatoms. The zero-order valence-corrected chi connectivity index (χ0v) is 82.6. The highest BCUT2D eigenvalue weighted by Gasteiger charge is 2.27. The summed E-state index contributed by atoms with van der Waals surface area (Å²) in [5.74, 6) is 0. The highest BCUT2D eigenvalue weighted by Crippen LogP contribution is 2.52. The lowest BCUT2D eigenvalue weighted by Crippen LogP contribution is -2.10. The molecule has 0 spiro atoms. The van der Waals surface area contributed by atoms with Crippen LogP contribution in [0.2, 0.25) is 0 Å². The molecular formula is C139H104N6. The summed E-state index contributed by atoms with van der Waals surface area (Å²) in [4.78, 5) is 22.5. The molecule has 0 N–H and O–H groups in total. The first-order valence-electron chi connectivity index (χ1n) is 50.3. The Hall–Kier alpha value is -17.7. The summed E-state index contributed by atoms with van der Waals surface area (Å²) in [6.07, 6.45) is 11.1. The second kappa shape index (κ2) is 35.8. The van der Waals surface area contributed by atoms with Crippen molar-refractivity contribution in [2.24, 2.45) is 0 Å². The third kappa shape index (κ3) is 16.3. The molecule has 6 heterocycles. The van der Waals surface area contributed by atoms with Crippen LogP contribution in [0.3, 0.4) is 0 Å². The summed E-state index contributed by atoms with van der Waals surface area (Å²) < 4.78 is 2.41. The molecule has 0 aliphatic rings. The quantitative estimate of drug-likeness (QED) is 0.108. The van der Waals surface area contributed by atoms with Gasteiger partial charge in [-0.25, -0.2) is 0 Å². The van der Waals surface area contributed by atoms with Gasteiger partial charge in [0, 0.05) is 75.9 Å². The van der Waals surface area contributed by atoms with E-state index in [9.17, 15) is 0 Å². The number of rotatable bonds is 13. The van der Waals surface area contributed by atoms with Gasteiger partial charge >= 0.3 is 0 Å². The molecule has 0 radical (unpaired) electrons. The van der Waals surface area contributed by atoms with E-state index in [2.05, 4.69) is 462 Å². The van der Waals surface area contributed by atoms with Crippen LogP contribution in [0.4, 0.5) is 0 Å². The van der Waals surface area contributed by atoms with E-state index >= 15 is 0 Å². The molecule has 0 aliphatic carbocycles. The molecule has 0 saturated heterocycles. The van der Waals surface area contributed by atoms with Gasteiger partial charge in [0.05, 0.1) is 33.8 Å². The van der Waals surface area contributed by atoms with E-state index in [1.807, 2.05) is 97.8 Å². The van der Waals surface area contributed by atoms with Crippen molar-refractivity contribution < 1.29 is 0 Å². The van der Waals surface area contributed by atoms with Gasteiger partial charge in [-0.2, -0.15) is 0 Å². The molecule has 6 nitrogen and oxygen atoms in total. The van der Waals surface area contributed by atoms with Crippen molar-refractivity contribution in [2.45, 2.75) is 78.6 Å². The Morgan fingerprint density at radius 1 is 0.166 bits per heavy atom. The SMILES string of the molecule is CC(C)(C)c1cc2ccc3c(-c4ccc(-c5ccc(-c6ccncc6)cc5)cc4)cc(-c4ccc(-c5ccccn5)cc4)c4ccc(c1)c2c34.CC(C)(C)c1cc2ccc3c(-c4ccc(-c5ccccn5)cc4)cc(-c4ccc(-c5ccccn5)cc4)c4ccc(c1)c2c34.CC(C)(C)c1cc2ccc3c(-c4ccc(-c5ccccn5)cc4)cc(-c4cccc(-n5c6ccccc6c6ccccc65)c4)c4ccc(c1)c2c34. The molecule has 0 fully saturated rings. The lowest BCUT2D eigenvalue weighted by Gasteiger charge is -2.23. The molecule has 27 rings (SSSR count). The summed E-state index contributed by atoms with van der Waals surface area (Å²) in [7, 11) is 0. The summed E-state index contributed by atoms with van der Waals surface area (Å²) >= 11 is 0. The van der Waals surface area contributed by atoms with Gasteiger partial charge in [0.2, 0.25) is 0 Å². The van der Waals surface area contributed by atoms with Crippen LogP contribution in [0.5, 0.6) is 0 Å². The van der Waals surface area contributed by atoms with Crippen LogP contribution >= 0.6 is 0 Å². The third-order valence-electron chi connectivity index (χ3n) is 29.8. The second-order valence-electron chi connectivity index (χ2n) is 41.8. The average molecular weight is 1860 g/mol. The predicted molar refractivity (Wildman–Crippen MR) is 615 cm³/mol. The monoisotopic (exact) mass is 1860 g/mol. The van der Waals surface area contributed by atoms with E-state index in [-0.39, 0.29) is 16.2 Å². The van der Waals surface area contributed by atoms with Gasteiger partial charge in [-0.3, -0.25) is 24.9 Å². The highest BCUT2D eigenvalue weighted by atomic mass is 15.0. The van der Waals surface area contributed by atoms with Crippen LogP contribution in [0, 0.1) is 0 Å². The van der Waals surface area contributed by atoms with E-state index in [0.29, 0.717) is 0 Å². The maximum atomic E-state index is 4.60. The lowest BCUT2D eigenvalue weighted by atomic mass is 9.81. The summed E-state index contributed by atoms with van der Waals surface area (Å²) in [6, 6.07) is 158. The smallest absolute Gasteiger partial charge is 0.0701 e. The Balaban J connectivity index is 0.000000114. The molecule has 21 aromatic carbocycles. The average Bonchev–Trinajstić information content (AvgIpc) is 1.43. The topological polar surface area (TPSA) is 69.4 Å². The fraction of sp³-hybridized carbons (Fsp3) is 0.0863. The molecule has 690 valence electrons. The number of hydrogen-bond donors (Lipinski definition) is 0. The molecule has 0 saturated carbocycles. The number of hydrogen-bond acceptors (Lipinski definition) is 5. The Kier molecular flexibility index (Phi) is 21.9. The fourth-order valence-corrected chi connectivity index (χ4v) is 22.1. The number of para-hydroxylation sites is 2. The Bertz CT molecular complexity index is 9320. The van der Waals surface area contributed by atoms with Crippen molar-refractivity contribution in [3.05, 3.63) is 485 Å². The van der Waals surface area contributed by atoms with Crippen molar-refractivity contribution in [1.29, 1.82) is 0 Å². The molecular weight excluding hydrogens is 1750 g/mol. The van der Waals surface area contributed by atoms with Crippen molar-refractivity contribution >= 4 is 119 Å². The van der Waals surface area contributed by atoms with Crippen molar-refractivity contribution in [3.8, 4) is 140 Å². The van der Waals surface area contributed by atoms with E-state index in [1.165, 1.54) is 224 Å². The number of pyridine rings is 5. The molecule has 0 unspecified atom stereocenters. The molecule has 0 aliphatic heterocycles. The predicted octanol–water partition coefficient (Wildman–Crippen LogP) is 37.7. The van der Waals surface area contributed by atoms with E-state index in [4.69, 9.17) is 0 Å². The van der Waals surface area contributed by atoms with Crippen LogP contribution in [0.25, 0.3) is 258 Å². The van der Waals surface area contributed by atoms with Crippen molar-refractivity contribution in [1.82, 2.24) is 29.5 Å². The zero-order chi connectivity index (χ0) is 97.9. The van der Waals surface area contributed by atoms with Crippen molar-refractivity contribution in [2.75, 3.05) is 0 Å². The molecule has 145 heavy (non-hydrogen) atoms. The van der Waals surface area contributed by atoms with Crippen LogP contribution in [0.15, 0.2) is 468 Å². The minimum atomic E-state index is 0.0589. The Labute approximate surface area is 845 Å². The van der Waals surface area contributed by atoms with Gasteiger partial charge in [0.25, 0.3) is 0 Å². The molecule has 27 aromatic rings. The van der Waals surface area contributed by atoms with Crippen LogP contribution < -0.4 is 0 Å². The maximum absolute atomic E-state index is 4.60. The van der Waals surface area contributed by atoms with E-state index in [0.717, 1.165) is 50.7 Å². The van der Waals surface area contributed by atoms with Crippen LogP contribution in [0.1, 0.15) is 79.0 Å². The summed E-state index contributed by atoms with van der Waals surface area (Å²) in [5.41, 5.74) is 35.7. The normalized spacial score (nSPS) is 12.0. The fourth-order valence-electron chi connectivity index (χ4n) is 22.1. The number of fused-ring (bicyclic) bond motifs is 3. The van der Waals surface area contributed by atoms with E-state index in [1.54, 1.807) is 0 Å².